The van der Waals surface area contributed by atoms with Gasteiger partial charge in [-0.3, -0.25) is 0 Å². The van der Waals surface area contributed by atoms with Crippen LogP contribution in [0.5, 0.6) is 0 Å². The summed E-state index contributed by atoms with van der Waals surface area (Å²) in [4.78, 5) is 13.7. The molecule has 1 N–H and O–H groups in total. The molecule has 0 saturated carbocycles. The summed E-state index contributed by atoms with van der Waals surface area (Å²) in [7, 11) is 0. The molecule has 78 valence electrons. The lowest BCUT2D eigenvalue weighted by atomic mass is 10.1. The fraction of sp³-hybridized carbons (Fsp3) is 0.250. The smallest absolute Gasteiger partial charge is 0.0881 e. The second-order valence-corrected chi connectivity index (χ2v) is 3.92. The number of aromatic amines is 1. The van der Waals surface area contributed by atoms with E-state index < -0.39 is 5.97 Å². The highest BCUT2D eigenvalue weighted by molar-refractivity contribution is 5.97. The number of H-pyrrole nitrogens is 1. The van der Waals surface area contributed by atoms with Crippen molar-refractivity contribution >= 4 is 16.9 Å². The van der Waals surface area contributed by atoms with Gasteiger partial charge in [-0.25, -0.2) is 0 Å². The first-order chi connectivity index (χ1) is 7.00. The molecule has 3 nitrogen and oxygen atoms in total. The van der Waals surface area contributed by atoms with E-state index in [0.717, 1.165) is 27.6 Å². The maximum Gasteiger partial charge on any atom is 0.0881 e. The highest BCUT2D eigenvalue weighted by atomic mass is 16.4. The Kier molecular flexibility index (Phi) is 2.03. The number of carbonyl (C=O) groups is 1. The lowest BCUT2D eigenvalue weighted by Gasteiger charge is -1.99. The first-order valence-electron chi connectivity index (χ1n) is 4.81. The van der Waals surface area contributed by atoms with Crippen molar-refractivity contribution in [2.24, 2.45) is 0 Å². The van der Waals surface area contributed by atoms with Crippen molar-refractivity contribution in [2.75, 3.05) is 0 Å². The highest BCUT2D eigenvalue weighted by Crippen LogP contribution is 2.25. The third-order valence-electron chi connectivity index (χ3n) is 2.71. The number of carboxylic acids is 1. The first-order valence-corrected chi connectivity index (χ1v) is 4.81. The number of hydrogen-bond donors (Lipinski definition) is 1. The molecule has 0 aliphatic heterocycles. The van der Waals surface area contributed by atoms with Crippen molar-refractivity contribution < 1.29 is 9.90 Å². The van der Waals surface area contributed by atoms with Gasteiger partial charge >= 0.3 is 0 Å². The maximum absolute atomic E-state index is 10.8. The van der Waals surface area contributed by atoms with Gasteiger partial charge < -0.3 is 14.9 Å². The number of aromatic nitrogens is 1. The molecule has 0 spiro atoms. The molecule has 0 unspecified atom stereocenters. The molecular weight excluding hydrogens is 190 g/mol. The Bertz CT molecular complexity index is 552. The molecule has 1 aromatic heterocycles. The molecule has 1 heterocycles. The van der Waals surface area contributed by atoms with E-state index in [9.17, 15) is 9.90 Å². The van der Waals surface area contributed by atoms with Crippen LogP contribution in [-0.2, 0) is 0 Å². The third kappa shape index (κ3) is 1.40. The van der Waals surface area contributed by atoms with Gasteiger partial charge in [0.2, 0.25) is 0 Å². The van der Waals surface area contributed by atoms with E-state index in [4.69, 9.17) is 0 Å². The SMILES string of the molecule is Cc1cc(C)c2[nH]c(C(=O)[O-])c(C)c2c1. The summed E-state index contributed by atoms with van der Waals surface area (Å²) < 4.78 is 0. The molecule has 0 amide bonds. The van der Waals surface area contributed by atoms with Crippen LogP contribution in [0.4, 0.5) is 0 Å². The number of carbonyl (C=O) groups excluding carboxylic acids is 1. The summed E-state index contributed by atoms with van der Waals surface area (Å²) in [6.07, 6.45) is 0. The van der Waals surface area contributed by atoms with Crippen LogP contribution in [0.25, 0.3) is 10.9 Å². The number of aryl methyl sites for hydroxylation is 3. The van der Waals surface area contributed by atoms with Gasteiger partial charge in [0.1, 0.15) is 0 Å². The normalized spacial score (nSPS) is 10.9. The molecule has 2 aromatic rings. The Labute approximate surface area is 87.7 Å². The van der Waals surface area contributed by atoms with Crippen LogP contribution in [-0.4, -0.2) is 11.0 Å². The zero-order valence-corrected chi connectivity index (χ0v) is 8.97. The van der Waals surface area contributed by atoms with Crippen LogP contribution in [0.2, 0.25) is 0 Å². The fourth-order valence-corrected chi connectivity index (χ4v) is 1.99. The minimum Gasteiger partial charge on any atom is -0.543 e. The van der Waals surface area contributed by atoms with Gasteiger partial charge in [0.25, 0.3) is 0 Å². The molecule has 0 bridgehead atoms. The number of aromatic carboxylic acids is 1. The summed E-state index contributed by atoms with van der Waals surface area (Å²) in [6, 6.07) is 4.01. The standard InChI is InChI=1S/C12H13NO2/c1-6-4-7(2)10-9(5-6)8(3)11(13-10)12(14)15/h4-5,13H,1-3H3,(H,14,15)/p-1. The van der Waals surface area contributed by atoms with E-state index in [1.54, 1.807) is 6.92 Å². The molecule has 0 fully saturated rings. The molecule has 1 aromatic carbocycles. The average Bonchev–Trinajstić information content (AvgIpc) is 2.44. The molecule has 0 atom stereocenters. The Hall–Kier alpha value is -1.77. The largest absolute Gasteiger partial charge is 0.543 e. The summed E-state index contributed by atoms with van der Waals surface area (Å²) in [5, 5.41) is 11.8. The molecule has 0 saturated heterocycles. The van der Waals surface area contributed by atoms with Crippen molar-refractivity contribution in [3.63, 3.8) is 0 Å². The highest BCUT2D eigenvalue weighted by Gasteiger charge is 2.10. The lowest BCUT2D eigenvalue weighted by molar-refractivity contribution is -0.255. The number of hydrogen-bond acceptors (Lipinski definition) is 2. The Balaban J connectivity index is 2.88. The first kappa shape index (κ1) is 9.77. The number of carboxylic acid groups (broad SMARTS) is 1. The van der Waals surface area contributed by atoms with Crippen LogP contribution in [0.15, 0.2) is 12.1 Å². The van der Waals surface area contributed by atoms with E-state index in [0.29, 0.717) is 0 Å². The maximum atomic E-state index is 10.8. The monoisotopic (exact) mass is 202 g/mol. The van der Waals surface area contributed by atoms with Gasteiger partial charge in [-0.15, -0.1) is 0 Å². The van der Waals surface area contributed by atoms with E-state index in [2.05, 4.69) is 4.98 Å². The van der Waals surface area contributed by atoms with Gasteiger partial charge in [0, 0.05) is 10.9 Å². The second-order valence-electron chi connectivity index (χ2n) is 3.92. The Morgan fingerprint density at radius 2 is 1.93 bits per heavy atom. The van der Waals surface area contributed by atoms with Crippen molar-refractivity contribution in [2.45, 2.75) is 20.8 Å². The predicted molar refractivity (Wildman–Crippen MR) is 56.8 cm³/mol. The van der Waals surface area contributed by atoms with Gasteiger partial charge in [0.05, 0.1) is 11.7 Å². The van der Waals surface area contributed by atoms with E-state index >= 15 is 0 Å². The fourth-order valence-electron chi connectivity index (χ4n) is 1.99. The zero-order valence-electron chi connectivity index (χ0n) is 8.97. The summed E-state index contributed by atoms with van der Waals surface area (Å²) in [5.74, 6) is -1.15. The summed E-state index contributed by atoms with van der Waals surface area (Å²) >= 11 is 0. The summed E-state index contributed by atoms with van der Waals surface area (Å²) in [5.41, 5.74) is 4.00. The quantitative estimate of drug-likeness (QED) is 0.761. The molecule has 0 aliphatic rings. The van der Waals surface area contributed by atoms with Gasteiger partial charge in [-0.1, -0.05) is 11.6 Å². The number of fused-ring (bicyclic) bond motifs is 1. The number of benzene rings is 1. The average molecular weight is 202 g/mol. The van der Waals surface area contributed by atoms with E-state index in [-0.39, 0.29) is 5.69 Å². The molecule has 3 heteroatoms. The lowest BCUT2D eigenvalue weighted by Crippen LogP contribution is -2.23. The molecule has 0 radical (unpaired) electrons. The predicted octanol–water partition coefficient (Wildman–Crippen LogP) is 1.46. The van der Waals surface area contributed by atoms with Gasteiger partial charge in [0.15, 0.2) is 0 Å². The number of nitrogens with one attached hydrogen (secondary N) is 1. The molecule has 0 aliphatic carbocycles. The van der Waals surface area contributed by atoms with Crippen LogP contribution < -0.4 is 5.11 Å². The van der Waals surface area contributed by atoms with Crippen LogP contribution in [0, 0.1) is 20.8 Å². The zero-order chi connectivity index (χ0) is 11.2. The second kappa shape index (κ2) is 3.12. The number of rotatable bonds is 1. The van der Waals surface area contributed by atoms with Crippen LogP contribution in [0.1, 0.15) is 27.2 Å². The third-order valence-corrected chi connectivity index (χ3v) is 2.71. The van der Waals surface area contributed by atoms with Crippen molar-refractivity contribution in [1.29, 1.82) is 0 Å². The van der Waals surface area contributed by atoms with Crippen LogP contribution >= 0.6 is 0 Å². The minimum absolute atomic E-state index is 0.179. The van der Waals surface area contributed by atoms with Crippen molar-refractivity contribution in [3.8, 4) is 0 Å². The van der Waals surface area contributed by atoms with Crippen LogP contribution in [0.3, 0.4) is 0 Å². The van der Waals surface area contributed by atoms with Gasteiger partial charge in [-0.05, 0) is 38.0 Å². The van der Waals surface area contributed by atoms with E-state index in [1.165, 1.54) is 0 Å². The topological polar surface area (TPSA) is 55.9 Å². The summed E-state index contributed by atoms with van der Waals surface area (Å²) in [6.45, 7) is 5.75. The van der Waals surface area contributed by atoms with Crippen molar-refractivity contribution in [3.05, 3.63) is 34.5 Å². The molecule has 15 heavy (non-hydrogen) atoms. The van der Waals surface area contributed by atoms with Gasteiger partial charge in [-0.2, -0.15) is 0 Å². The molecular formula is C12H12NO2-. The minimum atomic E-state index is -1.15. The Morgan fingerprint density at radius 3 is 2.53 bits per heavy atom. The van der Waals surface area contributed by atoms with E-state index in [1.807, 2.05) is 26.0 Å². The van der Waals surface area contributed by atoms with Crippen molar-refractivity contribution in [1.82, 2.24) is 4.98 Å². The Morgan fingerprint density at radius 1 is 1.27 bits per heavy atom. The molecule has 2 rings (SSSR count).